The van der Waals surface area contributed by atoms with Crippen molar-refractivity contribution in [3.05, 3.63) is 99.5 Å². The van der Waals surface area contributed by atoms with Crippen LogP contribution in [-0.2, 0) is 32.6 Å². The van der Waals surface area contributed by atoms with Crippen LogP contribution in [0, 0.1) is 6.92 Å². The summed E-state index contributed by atoms with van der Waals surface area (Å²) in [5.41, 5.74) is 2.07. The Labute approximate surface area is 247 Å². The predicted molar refractivity (Wildman–Crippen MR) is 162 cm³/mol. The van der Waals surface area contributed by atoms with Crippen LogP contribution in [0.4, 0.5) is 5.69 Å². The molecule has 0 radical (unpaired) electrons. The van der Waals surface area contributed by atoms with Crippen LogP contribution in [0.5, 0.6) is 0 Å². The van der Waals surface area contributed by atoms with Gasteiger partial charge in [0.1, 0.15) is 12.6 Å². The van der Waals surface area contributed by atoms with E-state index in [1.54, 1.807) is 43.3 Å². The zero-order valence-electron chi connectivity index (χ0n) is 23.3. The third-order valence-corrected chi connectivity index (χ3v) is 7.96. The van der Waals surface area contributed by atoms with Gasteiger partial charge in [-0.05, 0) is 68.7 Å². The van der Waals surface area contributed by atoms with Crippen molar-refractivity contribution >= 4 is 50.7 Å². The summed E-state index contributed by atoms with van der Waals surface area (Å²) >= 11 is 12.4. The molecular formula is C30H35Cl2N3O4S. The second kappa shape index (κ2) is 13.1. The molecule has 2 amide bonds. The number of rotatable bonds is 10. The number of halogens is 2. The summed E-state index contributed by atoms with van der Waals surface area (Å²) in [6.45, 7) is 6.95. The van der Waals surface area contributed by atoms with Gasteiger partial charge in [-0.2, -0.15) is 0 Å². The van der Waals surface area contributed by atoms with E-state index in [-0.39, 0.29) is 24.6 Å². The van der Waals surface area contributed by atoms with E-state index in [0.717, 1.165) is 27.3 Å². The molecule has 0 saturated carbocycles. The molecular weight excluding hydrogens is 569 g/mol. The van der Waals surface area contributed by atoms with Gasteiger partial charge < -0.3 is 10.2 Å². The lowest BCUT2D eigenvalue weighted by atomic mass is 10.0. The van der Waals surface area contributed by atoms with Crippen molar-refractivity contribution in [1.82, 2.24) is 10.2 Å². The molecule has 0 unspecified atom stereocenters. The molecule has 7 nitrogen and oxygen atoms in total. The molecule has 0 heterocycles. The second-order valence-corrected chi connectivity index (χ2v) is 13.5. The maximum Gasteiger partial charge on any atom is 0.244 e. The Morgan fingerprint density at radius 2 is 1.55 bits per heavy atom. The number of hydrogen-bond donors (Lipinski definition) is 1. The van der Waals surface area contributed by atoms with Crippen molar-refractivity contribution in [2.45, 2.75) is 52.2 Å². The molecule has 3 aromatic carbocycles. The number of benzene rings is 3. The molecule has 0 fully saturated rings. The summed E-state index contributed by atoms with van der Waals surface area (Å²) in [6, 6.07) is 20.2. The molecule has 3 aromatic rings. The van der Waals surface area contributed by atoms with Crippen molar-refractivity contribution < 1.29 is 18.0 Å². The van der Waals surface area contributed by atoms with Gasteiger partial charge in [0.15, 0.2) is 0 Å². The van der Waals surface area contributed by atoms with E-state index in [1.165, 1.54) is 11.0 Å². The fraction of sp³-hybridized carbons (Fsp3) is 0.333. The quantitative estimate of drug-likeness (QED) is 0.326. The van der Waals surface area contributed by atoms with E-state index in [2.05, 4.69) is 5.32 Å². The summed E-state index contributed by atoms with van der Waals surface area (Å²) in [4.78, 5) is 29.2. The third kappa shape index (κ3) is 8.98. The normalized spacial score (nSPS) is 12.5. The van der Waals surface area contributed by atoms with Crippen molar-refractivity contribution in [3.8, 4) is 0 Å². The van der Waals surface area contributed by atoms with Crippen LogP contribution in [-0.4, -0.2) is 49.5 Å². The fourth-order valence-corrected chi connectivity index (χ4v) is 5.29. The van der Waals surface area contributed by atoms with Crippen molar-refractivity contribution in [1.29, 1.82) is 0 Å². The average Bonchev–Trinajstić information content (AvgIpc) is 2.86. The lowest BCUT2D eigenvalue weighted by Crippen LogP contribution is -2.56. The first-order chi connectivity index (χ1) is 18.6. The van der Waals surface area contributed by atoms with Crippen LogP contribution in [0.1, 0.15) is 37.5 Å². The van der Waals surface area contributed by atoms with Gasteiger partial charge in [-0.1, -0.05) is 71.7 Å². The van der Waals surface area contributed by atoms with E-state index < -0.39 is 34.1 Å². The van der Waals surface area contributed by atoms with E-state index in [1.807, 2.05) is 51.1 Å². The molecule has 1 atom stereocenters. The Kier molecular flexibility index (Phi) is 10.3. The van der Waals surface area contributed by atoms with Gasteiger partial charge in [0, 0.05) is 28.5 Å². The van der Waals surface area contributed by atoms with Crippen LogP contribution in [0.15, 0.2) is 72.8 Å². The number of nitrogens with zero attached hydrogens (tertiary/aromatic N) is 2. The average molecular weight is 605 g/mol. The van der Waals surface area contributed by atoms with Gasteiger partial charge in [-0.15, -0.1) is 0 Å². The Hall–Kier alpha value is -3.07. The van der Waals surface area contributed by atoms with E-state index in [0.29, 0.717) is 10.0 Å². The van der Waals surface area contributed by atoms with Crippen molar-refractivity contribution in [3.63, 3.8) is 0 Å². The standard InChI is InChI=1S/C30H35Cl2N3O4S/c1-21-11-16-25(18-26(21)32)35(40(5,38)39)20-28(36)34(19-23-12-14-24(31)15-13-23)27(29(37)33-30(2,3)4)17-22-9-7-6-8-10-22/h6-16,18,27H,17,19-20H2,1-5H3,(H,33,37)/t27-/m0/s1. The number of aryl methyl sites for hydroxylation is 1. The molecule has 0 aromatic heterocycles. The summed E-state index contributed by atoms with van der Waals surface area (Å²) in [7, 11) is -3.88. The minimum atomic E-state index is -3.88. The van der Waals surface area contributed by atoms with E-state index in [4.69, 9.17) is 23.2 Å². The van der Waals surface area contributed by atoms with Crippen LogP contribution < -0.4 is 9.62 Å². The molecule has 10 heteroatoms. The summed E-state index contributed by atoms with van der Waals surface area (Å²) in [5.74, 6) is -0.884. The largest absolute Gasteiger partial charge is 0.350 e. The number of anilines is 1. The topological polar surface area (TPSA) is 86.8 Å². The molecule has 214 valence electrons. The third-order valence-electron chi connectivity index (χ3n) is 6.16. The van der Waals surface area contributed by atoms with Crippen LogP contribution >= 0.6 is 23.2 Å². The Morgan fingerprint density at radius 1 is 0.925 bits per heavy atom. The molecule has 0 spiro atoms. The first kappa shape index (κ1) is 31.5. The number of amides is 2. The van der Waals surface area contributed by atoms with Crippen LogP contribution in [0.3, 0.4) is 0 Å². The second-order valence-electron chi connectivity index (χ2n) is 10.8. The Balaban J connectivity index is 2.08. The maximum atomic E-state index is 14.1. The van der Waals surface area contributed by atoms with Gasteiger partial charge in [-0.25, -0.2) is 8.42 Å². The molecule has 0 aliphatic heterocycles. The highest BCUT2D eigenvalue weighted by atomic mass is 35.5. The van der Waals surface area contributed by atoms with Gasteiger partial charge in [-0.3, -0.25) is 13.9 Å². The molecule has 40 heavy (non-hydrogen) atoms. The predicted octanol–water partition coefficient (Wildman–Crippen LogP) is 5.62. The van der Waals surface area contributed by atoms with Gasteiger partial charge >= 0.3 is 0 Å². The summed E-state index contributed by atoms with van der Waals surface area (Å²) in [5, 5.41) is 3.91. The lowest BCUT2D eigenvalue weighted by molar-refractivity contribution is -0.140. The number of hydrogen-bond acceptors (Lipinski definition) is 4. The number of carbonyl (C=O) groups is 2. The van der Waals surface area contributed by atoms with Crippen molar-refractivity contribution in [2.75, 3.05) is 17.1 Å². The number of nitrogens with one attached hydrogen (secondary N) is 1. The monoisotopic (exact) mass is 603 g/mol. The molecule has 1 N–H and O–H groups in total. The fourth-order valence-electron chi connectivity index (χ4n) is 4.14. The Morgan fingerprint density at radius 3 is 2.10 bits per heavy atom. The van der Waals surface area contributed by atoms with Crippen LogP contribution in [0.2, 0.25) is 10.0 Å². The zero-order chi connectivity index (χ0) is 29.7. The Bertz CT molecular complexity index is 1440. The van der Waals surface area contributed by atoms with Gasteiger partial charge in [0.25, 0.3) is 0 Å². The highest BCUT2D eigenvalue weighted by Crippen LogP contribution is 2.26. The van der Waals surface area contributed by atoms with Crippen molar-refractivity contribution in [2.24, 2.45) is 0 Å². The number of sulfonamides is 1. The summed E-state index contributed by atoms with van der Waals surface area (Å²) in [6.07, 6.45) is 1.27. The lowest BCUT2D eigenvalue weighted by Gasteiger charge is -2.35. The zero-order valence-corrected chi connectivity index (χ0v) is 25.6. The minimum Gasteiger partial charge on any atom is -0.350 e. The molecule has 0 saturated heterocycles. The molecule has 0 aliphatic carbocycles. The SMILES string of the molecule is Cc1ccc(N(CC(=O)N(Cc2ccc(Cl)cc2)[C@@H](Cc2ccccc2)C(=O)NC(C)(C)C)S(C)(=O)=O)cc1Cl. The first-order valence-corrected chi connectivity index (χ1v) is 15.4. The van der Waals surface area contributed by atoms with Gasteiger partial charge in [0.2, 0.25) is 21.8 Å². The van der Waals surface area contributed by atoms with E-state index in [9.17, 15) is 18.0 Å². The van der Waals surface area contributed by atoms with Crippen LogP contribution in [0.25, 0.3) is 0 Å². The molecule has 3 rings (SSSR count). The van der Waals surface area contributed by atoms with E-state index >= 15 is 0 Å². The number of carbonyl (C=O) groups excluding carboxylic acids is 2. The summed E-state index contributed by atoms with van der Waals surface area (Å²) < 4.78 is 26.8. The molecule has 0 aliphatic rings. The van der Waals surface area contributed by atoms with Gasteiger partial charge in [0.05, 0.1) is 11.9 Å². The highest BCUT2D eigenvalue weighted by Gasteiger charge is 2.34. The smallest absolute Gasteiger partial charge is 0.244 e. The minimum absolute atomic E-state index is 0.0668. The maximum absolute atomic E-state index is 14.1. The highest BCUT2D eigenvalue weighted by molar-refractivity contribution is 7.92. The first-order valence-electron chi connectivity index (χ1n) is 12.8. The molecule has 0 bridgehead atoms.